The maximum atomic E-state index is 6.28. The Morgan fingerprint density at radius 2 is 1.59 bits per heavy atom. The van der Waals surface area contributed by atoms with Crippen LogP contribution in [-0.2, 0) is 0 Å². The van der Waals surface area contributed by atoms with Gasteiger partial charge in [0.25, 0.3) is 0 Å². The molecule has 3 aromatic rings. The molecule has 0 radical (unpaired) electrons. The van der Waals surface area contributed by atoms with Crippen LogP contribution in [-0.4, -0.2) is 24.4 Å². The van der Waals surface area contributed by atoms with Crippen LogP contribution in [0.15, 0.2) is 35.4 Å². The van der Waals surface area contributed by atoms with Gasteiger partial charge in [0.1, 0.15) is 18.4 Å². The van der Waals surface area contributed by atoms with E-state index in [2.05, 4.69) is 15.5 Å². The normalized spacial score (nSPS) is 13.3. The lowest BCUT2D eigenvalue weighted by Crippen LogP contribution is -2.15. The summed E-state index contributed by atoms with van der Waals surface area (Å²) < 4.78 is 11.2. The van der Waals surface area contributed by atoms with E-state index in [-0.39, 0.29) is 0 Å². The van der Waals surface area contributed by atoms with Crippen molar-refractivity contribution >= 4 is 69.2 Å². The Balaban J connectivity index is 1.63. The maximum Gasteiger partial charge on any atom is 0.163 e. The highest BCUT2D eigenvalue weighted by molar-refractivity contribution is 6.41. The number of halogens is 4. The lowest BCUT2D eigenvalue weighted by atomic mass is 10.1. The lowest BCUT2D eigenvalue weighted by Gasteiger charge is -2.18. The maximum absolute atomic E-state index is 6.28. The molecule has 1 aromatic heterocycles. The first-order valence-electron chi connectivity index (χ1n) is 7.85. The van der Waals surface area contributed by atoms with Crippen LogP contribution in [0.2, 0.25) is 20.2 Å². The third-order valence-electron chi connectivity index (χ3n) is 3.85. The van der Waals surface area contributed by atoms with Gasteiger partial charge in [-0.3, -0.25) is 5.43 Å². The predicted molar refractivity (Wildman–Crippen MR) is 110 cm³/mol. The average molecular weight is 443 g/mol. The van der Waals surface area contributed by atoms with E-state index in [1.807, 2.05) is 18.2 Å². The second-order valence-electron chi connectivity index (χ2n) is 5.67. The summed E-state index contributed by atoms with van der Waals surface area (Å²) in [6, 6.07) is 8.68. The summed E-state index contributed by atoms with van der Waals surface area (Å²) in [5, 5.41) is 6.46. The molecule has 1 aliphatic rings. The molecule has 2 heterocycles. The molecule has 4 rings (SSSR count). The predicted octanol–water partition coefficient (Wildman–Crippen LogP) is 6.07. The number of rotatable bonds is 3. The first-order valence-corrected chi connectivity index (χ1v) is 9.36. The van der Waals surface area contributed by atoms with Crippen molar-refractivity contribution in [3.05, 3.63) is 56.1 Å². The number of ether oxygens (including phenoxy) is 2. The van der Waals surface area contributed by atoms with Crippen LogP contribution in [0.25, 0.3) is 10.9 Å². The van der Waals surface area contributed by atoms with Gasteiger partial charge in [-0.1, -0.05) is 46.4 Å². The highest BCUT2D eigenvalue weighted by Crippen LogP contribution is 2.35. The third kappa shape index (κ3) is 3.87. The molecular weight excluding hydrogens is 432 g/mol. The van der Waals surface area contributed by atoms with Crippen molar-refractivity contribution in [2.75, 3.05) is 18.6 Å². The number of nitrogens with one attached hydrogen (secondary N) is 1. The molecule has 1 aliphatic heterocycles. The standard InChI is InChI=1S/C18H11Cl4N3O2/c19-11-5-12(20)17(13(21)6-11)25-23-8-10-3-9-4-15-16(27-2-1-26-15)7-14(9)24-18(10)22/h3-8,25H,1-2H2. The number of pyridine rings is 1. The number of hydrogen-bond donors (Lipinski definition) is 1. The van der Waals surface area contributed by atoms with E-state index in [0.29, 0.717) is 61.7 Å². The Kier molecular flexibility index (Phi) is 5.19. The second-order valence-corrected chi connectivity index (χ2v) is 7.28. The van der Waals surface area contributed by atoms with Crippen LogP contribution >= 0.6 is 46.4 Å². The Labute approximate surface area is 174 Å². The van der Waals surface area contributed by atoms with Gasteiger partial charge < -0.3 is 9.47 Å². The van der Waals surface area contributed by atoms with E-state index in [1.165, 1.54) is 6.21 Å². The molecule has 0 aliphatic carbocycles. The van der Waals surface area contributed by atoms with Crippen molar-refractivity contribution in [1.29, 1.82) is 0 Å². The summed E-state index contributed by atoms with van der Waals surface area (Å²) >= 11 is 24.4. The van der Waals surface area contributed by atoms with Crippen molar-refractivity contribution in [1.82, 2.24) is 4.98 Å². The quantitative estimate of drug-likeness (QED) is 0.304. The van der Waals surface area contributed by atoms with Crippen LogP contribution in [0.3, 0.4) is 0 Å². The number of anilines is 1. The van der Waals surface area contributed by atoms with Crippen molar-refractivity contribution in [3.63, 3.8) is 0 Å². The molecule has 0 atom stereocenters. The number of aromatic nitrogens is 1. The van der Waals surface area contributed by atoms with Gasteiger partial charge in [-0.15, -0.1) is 0 Å². The molecule has 5 nitrogen and oxygen atoms in total. The minimum absolute atomic E-state index is 0.304. The van der Waals surface area contributed by atoms with Crippen LogP contribution in [0, 0.1) is 0 Å². The molecule has 138 valence electrons. The van der Waals surface area contributed by atoms with Gasteiger partial charge >= 0.3 is 0 Å². The average Bonchev–Trinajstić information content (AvgIpc) is 2.62. The van der Waals surface area contributed by atoms with Crippen LogP contribution in [0.5, 0.6) is 11.5 Å². The van der Waals surface area contributed by atoms with Gasteiger partial charge in [0.2, 0.25) is 0 Å². The Bertz CT molecular complexity index is 1050. The fraction of sp³-hybridized carbons (Fsp3) is 0.111. The molecule has 0 saturated heterocycles. The molecule has 1 N–H and O–H groups in total. The molecule has 0 bridgehead atoms. The topological polar surface area (TPSA) is 55.7 Å². The zero-order chi connectivity index (χ0) is 19.0. The van der Waals surface area contributed by atoms with Crippen molar-refractivity contribution in [2.24, 2.45) is 5.10 Å². The minimum Gasteiger partial charge on any atom is -0.486 e. The zero-order valence-electron chi connectivity index (χ0n) is 13.6. The first kappa shape index (κ1) is 18.4. The largest absolute Gasteiger partial charge is 0.486 e. The molecule has 2 aromatic carbocycles. The Morgan fingerprint density at radius 1 is 0.926 bits per heavy atom. The zero-order valence-corrected chi connectivity index (χ0v) is 16.6. The molecule has 0 unspecified atom stereocenters. The van der Waals surface area contributed by atoms with E-state index in [4.69, 9.17) is 55.9 Å². The summed E-state index contributed by atoms with van der Waals surface area (Å²) in [6.07, 6.45) is 1.53. The third-order valence-corrected chi connectivity index (χ3v) is 4.96. The number of hydrazone groups is 1. The highest BCUT2D eigenvalue weighted by Gasteiger charge is 2.14. The van der Waals surface area contributed by atoms with Crippen molar-refractivity contribution in [2.45, 2.75) is 0 Å². The molecule has 0 amide bonds. The molecule has 9 heteroatoms. The fourth-order valence-corrected chi connectivity index (χ4v) is 3.71. The summed E-state index contributed by atoms with van der Waals surface area (Å²) in [5.41, 5.74) is 4.57. The van der Waals surface area contributed by atoms with Gasteiger partial charge in [-0.25, -0.2) is 4.98 Å². The van der Waals surface area contributed by atoms with E-state index in [0.717, 1.165) is 5.39 Å². The fourth-order valence-electron chi connectivity index (χ4n) is 2.61. The lowest BCUT2D eigenvalue weighted by molar-refractivity contribution is 0.172. The van der Waals surface area contributed by atoms with Crippen LogP contribution in [0.1, 0.15) is 5.56 Å². The van der Waals surface area contributed by atoms with Gasteiger partial charge in [-0.05, 0) is 24.3 Å². The highest BCUT2D eigenvalue weighted by atomic mass is 35.5. The molecule has 0 fully saturated rings. The van der Waals surface area contributed by atoms with Gasteiger partial charge in [0.05, 0.1) is 27.5 Å². The SMILES string of the molecule is Clc1cc(Cl)c(NN=Cc2cc3cc4c(cc3nc2Cl)OCCO4)c(Cl)c1. The number of hydrogen-bond acceptors (Lipinski definition) is 5. The molecule has 27 heavy (non-hydrogen) atoms. The summed E-state index contributed by atoms with van der Waals surface area (Å²) in [5.74, 6) is 1.34. The van der Waals surface area contributed by atoms with Crippen LogP contribution < -0.4 is 14.9 Å². The van der Waals surface area contributed by atoms with Gasteiger partial charge in [0, 0.05) is 22.0 Å². The number of nitrogens with zero attached hydrogens (tertiary/aromatic N) is 2. The number of benzene rings is 2. The monoisotopic (exact) mass is 441 g/mol. The first-order chi connectivity index (χ1) is 13.0. The van der Waals surface area contributed by atoms with E-state index >= 15 is 0 Å². The molecule has 0 spiro atoms. The van der Waals surface area contributed by atoms with Crippen LogP contribution in [0.4, 0.5) is 5.69 Å². The smallest absolute Gasteiger partial charge is 0.163 e. The summed E-state index contributed by atoms with van der Waals surface area (Å²) in [7, 11) is 0. The summed E-state index contributed by atoms with van der Waals surface area (Å²) in [4.78, 5) is 4.40. The van der Waals surface area contributed by atoms with Crippen molar-refractivity contribution in [3.8, 4) is 11.5 Å². The van der Waals surface area contributed by atoms with E-state index in [9.17, 15) is 0 Å². The van der Waals surface area contributed by atoms with E-state index < -0.39 is 0 Å². The van der Waals surface area contributed by atoms with Crippen molar-refractivity contribution < 1.29 is 9.47 Å². The number of fused-ring (bicyclic) bond motifs is 2. The Morgan fingerprint density at radius 3 is 2.30 bits per heavy atom. The second kappa shape index (κ2) is 7.60. The van der Waals surface area contributed by atoms with Gasteiger partial charge in [0.15, 0.2) is 11.5 Å². The van der Waals surface area contributed by atoms with Gasteiger partial charge in [-0.2, -0.15) is 5.10 Å². The minimum atomic E-state index is 0.304. The summed E-state index contributed by atoms with van der Waals surface area (Å²) in [6.45, 7) is 1.03. The van der Waals surface area contributed by atoms with E-state index in [1.54, 1.807) is 12.1 Å². The molecule has 0 saturated carbocycles. The molecular formula is C18H11Cl4N3O2. The Hall–Kier alpha value is -1.92.